The van der Waals surface area contributed by atoms with Gasteiger partial charge in [-0.05, 0) is 37.5 Å². The molecule has 1 saturated heterocycles. The number of aromatic nitrogens is 1. The average molecular weight is 353 g/mol. The highest BCUT2D eigenvalue weighted by Crippen LogP contribution is 2.31. The summed E-state index contributed by atoms with van der Waals surface area (Å²) >= 11 is 0. The van der Waals surface area contributed by atoms with E-state index >= 15 is 0 Å². The lowest BCUT2D eigenvalue weighted by Gasteiger charge is -2.35. The fourth-order valence-electron chi connectivity index (χ4n) is 4.07. The first-order chi connectivity index (χ1) is 12.5. The number of amides is 1. The molecule has 6 heteroatoms. The molecular formula is C20H27N5O. The van der Waals surface area contributed by atoms with Gasteiger partial charge in [0.2, 0.25) is 5.96 Å². The fourth-order valence-corrected chi connectivity index (χ4v) is 4.07. The van der Waals surface area contributed by atoms with Crippen LogP contribution in [-0.2, 0) is 17.9 Å². The number of piperidine rings is 1. The number of benzene rings is 1. The van der Waals surface area contributed by atoms with Crippen LogP contribution in [0.5, 0.6) is 0 Å². The Morgan fingerprint density at radius 1 is 1.23 bits per heavy atom. The maximum atomic E-state index is 12.5. The molecule has 26 heavy (non-hydrogen) atoms. The molecule has 4 rings (SSSR count). The Balaban J connectivity index is 1.48. The van der Waals surface area contributed by atoms with Gasteiger partial charge in [0.05, 0.1) is 0 Å². The first kappa shape index (κ1) is 17.1. The monoisotopic (exact) mass is 353 g/mol. The van der Waals surface area contributed by atoms with Gasteiger partial charge in [-0.2, -0.15) is 0 Å². The number of fused-ring (bicyclic) bond motifs is 1. The number of aliphatic imine (C=N–C) groups is 1. The molecule has 0 atom stereocenters. The van der Waals surface area contributed by atoms with Crippen molar-refractivity contribution in [3.8, 4) is 0 Å². The van der Waals surface area contributed by atoms with Crippen LogP contribution >= 0.6 is 0 Å². The van der Waals surface area contributed by atoms with E-state index in [0.717, 1.165) is 39.0 Å². The molecular weight excluding hydrogens is 326 g/mol. The van der Waals surface area contributed by atoms with Crippen molar-refractivity contribution in [1.29, 1.82) is 0 Å². The number of carbonyl (C=O) groups excluding carboxylic acids is 1. The summed E-state index contributed by atoms with van der Waals surface area (Å²) in [7, 11) is 3.83. The zero-order valence-electron chi connectivity index (χ0n) is 15.8. The molecule has 1 amide bonds. The van der Waals surface area contributed by atoms with Crippen LogP contribution < -0.4 is 5.32 Å². The van der Waals surface area contributed by atoms with E-state index in [1.807, 2.05) is 19.0 Å². The van der Waals surface area contributed by atoms with Crippen molar-refractivity contribution >= 4 is 22.8 Å². The van der Waals surface area contributed by atoms with Crippen molar-refractivity contribution < 1.29 is 4.79 Å². The zero-order chi connectivity index (χ0) is 18.3. The van der Waals surface area contributed by atoms with Gasteiger partial charge in [-0.3, -0.25) is 15.0 Å². The number of likely N-dealkylation sites (tertiary alicyclic amines) is 1. The highest BCUT2D eigenvalue weighted by atomic mass is 16.2. The van der Waals surface area contributed by atoms with Crippen molar-refractivity contribution in [2.45, 2.75) is 38.4 Å². The van der Waals surface area contributed by atoms with Gasteiger partial charge in [-0.25, -0.2) is 4.99 Å². The van der Waals surface area contributed by atoms with E-state index in [1.165, 1.54) is 16.5 Å². The smallest absolute Gasteiger partial charge is 0.254 e. The molecule has 0 radical (unpaired) electrons. The Morgan fingerprint density at radius 3 is 2.65 bits per heavy atom. The average Bonchev–Trinajstić information content (AvgIpc) is 3.20. The van der Waals surface area contributed by atoms with E-state index in [-0.39, 0.29) is 5.91 Å². The van der Waals surface area contributed by atoms with Crippen molar-refractivity contribution in [2.24, 2.45) is 4.99 Å². The minimum atomic E-state index is -0.562. The number of hydrogen-bond acceptors (Lipinski definition) is 4. The summed E-state index contributed by atoms with van der Waals surface area (Å²) in [5.74, 6) is 0.747. The van der Waals surface area contributed by atoms with Crippen LogP contribution in [0.15, 0.2) is 35.5 Å². The predicted molar refractivity (Wildman–Crippen MR) is 104 cm³/mol. The van der Waals surface area contributed by atoms with Gasteiger partial charge in [0.25, 0.3) is 5.91 Å². The van der Waals surface area contributed by atoms with Crippen LogP contribution in [0.3, 0.4) is 0 Å². The molecule has 2 aliphatic heterocycles. The molecule has 1 aromatic heterocycles. The third-order valence-corrected chi connectivity index (χ3v) is 5.71. The maximum absolute atomic E-state index is 12.5. The van der Waals surface area contributed by atoms with Crippen LogP contribution in [0.2, 0.25) is 0 Å². The van der Waals surface area contributed by atoms with E-state index in [1.54, 1.807) is 0 Å². The minimum Gasteiger partial charge on any atom is -0.349 e. The van der Waals surface area contributed by atoms with Crippen molar-refractivity contribution in [1.82, 2.24) is 19.7 Å². The number of hydrogen-bond donors (Lipinski definition) is 1. The fraction of sp³-hybridized carbons (Fsp3) is 0.500. The van der Waals surface area contributed by atoms with E-state index in [2.05, 4.69) is 52.2 Å². The first-order valence-electron chi connectivity index (χ1n) is 9.40. The third-order valence-electron chi connectivity index (χ3n) is 5.71. The molecule has 0 bridgehead atoms. The molecule has 0 unspecified atom stereocenters. The summed E-state index contributed by atoms with van der Waals surface area (Å²) in [6, 6.07) is 8.77. The summed E-state index contributed by atoms with van der Waals surface area (Å²) in [6.45, 7) is 5.86. The van der Waals surface area contributed by atoms with Crippen molar-refractivity contribution in [3.05, 3.63) is 36.0 Å². The normalized spacial score (nSPS) is 19.8. The van der Waals surface area contributed by atoms with E-state index < -0.39 is 5.54 Å². The number of nitrogens with zero attached hydrogens (tertiary/aromatic N) is 4. The summed E-state index contributed by atoms with van der Waals surface area (Å²) in [6.07, 6.45) is 3.73. The second-order valence-electron chi connectivity index (χ2n) is 7.54. The molecule has 138 valence electrons. The molecule has 6 nitrogen and oxygen atoms in total. The third kappa shape index (κ3) is 2.78. The molecule has 3 heterocycles. The Labute approximate surface area is 154 Å². The number of aryl methyl sites for hydroxylation is 1. The highest BCUT2D eigenvalue weighted by Gasteiger charge is 2.46. The number of carbonyl (C=O) groups is 1. The summed E-state index contributed by atoms with van der Waals surface area (Å²) in [4.78, 5) is 21.5. The van der Waals surface area contributed by atoms with Gasteiger partial charge in [0.15, 0.2) is 0 Å². The Hall–Kier alpha value is -2.34. The van der Waals surface area contributed by atoms with Gasteiger partial charge in [-0.1, -0.05) is 12.1 Å². The van der Waals surface area contributed by atoms with E-state index in [9.17, 15) is 4.79 Å². The SMILES string of the molecule is CCn1ccc2c(CN3CCC4(CC3)N=C(N(C)C)NC4=O)cccc21. The van der Waals surface area contributed by atoms with Crippen molar-refractivity contribution in [3.63, 3.8) is 0 Å². The topological polar surface area (TPSA) is 52.9 Å². The van der Waals surface area contributed by atoms with E-state index in [4.69, 9.17) is 4.99 Å². The quantitative estimate of drug-likeness (QED) is 0.919. The molecule has 2 aromatic rings. The highest BCUT2D eigenvalue weighted by molar-refractivity contribution is 6.07. The molecule has 0 aliphatic carbocycles. The van der Waals surface area contributed by atoms with Crippen LogP contribution in [0.1, 0.15) is 25.3 Å². The molecule has 1 aromatic carbocycles. The predicted octanol–water partition coefficient (Wildman–Crippen LogP) is 2.04. The van der Waals surface area contributed by atoms with Crippen LogP contribution in [0.25, 0.3) is 10.9 Å². The molecule has 1 N–H and O–H groups in total. The summed E-state index contributed by atoms with van der Waals surface area (Å²) in [5.41, 5.74) is 2.10. The zero-order valence-corrected chi connectivity index (χ0v) is 15.8. The van der Waals surface area contributed by atoms with Gasteiger partial charge in [0.1, 0.15) is 5.54 Å². The van der Waals surface area contributed by atoms with Gasteiger partial charge >= 0.3 is 0 Å². The minimum absolute atomic E-state index is 0.0583. The number of guanidine groups is 1. The summed E-state index contributed by atoms with van der Waals surface area (Å²) < 4.78 is 2.28. The maximum Gasteiger partial charge on any atom is 0.254 e. The molecule has 1 fully saturated rings. The lowest BCUT2D eigenvalue weighted by atomic mass is 9.88. The number of rotatable bonds is 3. The van der Waals surface area contributed by atoms with Gasteiger partial charge in [0, 0.05) is 57.4 Å². The van der Waals surface area contributed by atoms with Crippen molar-refractivity contribution in [2.75, 3.05) is 27.2 Å². The lowest BCUT2D eigenvalue weighted by molar-refractivity contribution is -0.125. The molecule has 2 aliphatic rings. The first-order valence-corrected chi connectivity index (χ1v) is 9.40. The molecule has 1 spiro atoms. The number of nitrogens with one attached hydrogen (secondary N) is 1. The molecule has 0 saturated carbocycles. The Bertz CT molecular complexity index is 858. The van der Waals surface area contributed by atoms with Gasteiger partial charge < -0.3 is 9.47 Å². The second-order valence-corrected chi connectivity index (χ2v) is 7.54. The Kier molecular flexibility index (Phi) is 4.23. The Morgan fingerprint density at radius 2 is 2.00 bits per heavy atom. The second kappa shape index (κ2) is 6.43. The largest absolute Gasteiger partial charge is 0.349 e. The summed E-state index contributed by atoms with van der Waals surface area (Å²) in [5, 5.41) is 4.26. The van der Waals surface area contributed by atoms with Crippen LogP contribution in [0.4, 0.5) is 0 Å². The van der Waals surface area contributed by atoms with E-state index in [0.29, 0.717) is 5.96 Å². The standard InChI is InChI=1S/C20H27N5O/c1-4-25-11-8-16-15(6-5-7-17(16)25)14-24-12-9-20(10-13-24)18(26)21-19(22-20)23(2)3/h5-8,11H,4,9-10,12-14H2,1-3H3,(H,21,22,26). The van der Waals surface area contributed by atoms with Gasteiger partial charge in [-0.15, -0.1) is 0 Å². The van der Waals surface area contributed by atoms with Crippen LogP contribution in [-0.4, -0.2) is 59.0 Å². The van der Waals surface area contributed by atoms with Crippen LogP contribution in [0, 0.1) is 0 Å². The lowest BCUT2D eigenvalue weighted by Crippen LogP contribution is -2.49.